The van der Waals surface area contributed by atoms with Gasteiger partial charge in [0.05, 0.1) is 0 Å². The van der Waals surface area contributed by atoms with Gasteiger partial charge in [0.1, 0.15) is 12.7 Å². The number of hydrogen-bond donors (Lipinski definition) is 3. The van der Waals surface area contributed by atoms with Crippen LogP contribution in [0.1, 0.15) is 6.92 Å². The Balaban J connectivity index is 2.97. The number of amides is 1. The number of aliphatic hydroxyl groups excluding tert-OH is 1. The Morgan fingerprint density at radius 2 is 2.38 bits per heavy atom. The van der Waals surface area contributed by atoms with E-state index in [4.69, 9.17) is 11.0 Å². The second kappa shape index (κ2) is 2.95. The quantitative estimate of drug-likeness (QED) is 0.110. The van der Waals surface area contributed by atoms with E-state index in [1.807, 2.05) is 0 Å². The maximum atomic E-state index is 11.2. The standard InChI is InChI=1S/C6H10N2O5/c1-6(4(10)8(7)12)3(9)2-13-5(6)11/h3,9,12H,2,7H2,1H3. The minimum absolute atomic E-state index is 0.226. The lowest BCUT2D eigenvalue weighted by Gasteiger charge is -2.23. The highest BCUT2D eigenvalue weighted by molar-refractivity contribution is 6.03. The van der Waals surface area contributed by atoms with Crippen molar-refractivity contribution < 1.29 is 24.6 Å². The van der Waals surface area contributed by atoms with Gasteiger partial charge >= 0.3 is 5.97 Å². The molecule has 0 spiro atoms. The zero-order valence-electron chi connectivity index (χ0n) is 6.93. The van der Waals surface area contributed by atoms with Gasteiger partial charge in [0.15, 0.2) is 5.41 Å². The highest BCUT2D eigenvalue weighted by Gasteiger charge is 2.55. The van der Waals surface area contributed by atoms with E-state index in [0.29, 0.717) is 0 Å². The van der Waals surface area contributed by atoms with Crippen molar-refractivity contribution in [1.29, 1.82) is 0 Å². The number of esters is 1. The van der Waals surface area contributed by atoms with Crippen LogP contribution in [0, 0.1) is 5.41 Å². The fraction of sp³-hybridized carbons (Fsp3) is 0.667. The summed E-state index contributed by atoms with van der Waals surface area (Å²) in [5, 5.41) is 17.7. The molecular formula is C6H10N2O5. The van der Waals surface area contributed by atoms with Crippen LogP contribution in [0.3, 0.4) is 0 Å². The van der Waals surface area contributed by atoms with Gasteiger partial charge in [-0.15, -0.1) is 0 Å². The summed E-state index contributed by atoms with van der Waals surface area (Å²) in [6, 6.07) is 0. The van der Waals surface area contributed by atoms with Crippen LogP contribution in [0.5, 0.6) is 0 Å². The molecule has 0 bridgehead atoms. The second-order valence-electron chi connectivity index (χ2n) is 2.97. The summed E-state index contributed by atoms with van der Waals surface area (Å²) in [7, 11) is 0. The molecule has 1 saturated heterocycles. The SMILES string of the molecule is CC1(C(=O)N(N)O)C(=O)OCC1O. The summed E-state index contributed by atoms with van der Waals surface area (Å²) in [5.41, 5.74) is -1.80. The van der Waals surface area contributed by atoms with Crippen LogP contribution in [-0.4, -0.2) is 40.1 Å². The number of nitrogens with two attached hydrogens (primary N) is 1. The number of hydrazine groups is 1. The molecule has 0 radical (unpaired) electrons. The largest absolute Gasteiger partial charge is 0.462 e. The minimum Gasteiger partial charge on any atom is -0.462 e. The Morgan fingerprint density at radius 3 is 2.69 bits per heavy atom. The molecule has 0 aromatic rings. The van der Waals surface area contributed by atoms with Crippen LogP contribution >= 0.6 is 0 Å². The lowest BCUT2D eigenvalue weighted by atomic mass is 9.85. The van der Waals surface area contributed by atoms with Crippen LogP contribution in [0.15, 0.2) is 0 Å². The van der Waals surface area contributed by atoms with Crippen molar-refractivity contribution in [2.45, 2.75) is 13.0 Å². The molecule has 13 heavy (non-hydrogen) atoms. The zero-order chi connectivity index (χ0) is 10.2. The van der Waals surface area contributed by atoms with Crippen LogP contribution in [0.4, 0.5) is 0 Å². The van der Waals surface area contributed by atoms with Crippen molar-refractivity contribution in [2.24, 2.45) is 11.3 Å². The number of carbonyl (C=O) groups is 2. The third-order valence-corrected chi connectivity index (χ3v) is 2.12. The van der Waals surface area contributed by atoms with Gasteiger partial charge in [-0.25, -0.2) is 5.84 Å². The van der Waals surface area contributed by atoms with Gasteiger partial charge in [0.2, 0.25) is 0 Å². The van der Waals surface area contributed by atoms with E-state index in [-0.39, 0.29) is 11.8 Å². The second-order valence-corrected chi connectivity index (χ2v) is 2.97. The molecule has 1 heterocycles. The van der Waals surface area contributed by atoms with E-state index >= 15 is 0 Å². The molecule has 4 N–H and O–H groups in total. The van der Waals surface area contributed by atoms with E-state index < -0.39 is 23.4 Å². The number of rotatable bonds is 1. The van der Waals surface area contributed by atoms with Crippen LogP contribution in [0.2, 0.25) is 0 Å². The lowest BCUT2D eigenvalue weighted by Crippen LogP contribution is -2.51. The summed E-state index contributed by atoms with van der Waals surface area (Å²) in [6.45, 7) is 0.889. The number of carbonyl (C=O) groups excluding carboxylic acids is 2. The average Bonchev–Trinajstić information content (AvgIpc) is 2.32. The van der Waals surface area contributed by atoms with E-state index in [0.717, 1.165) is 6.92 Å². The molecule has 7 nitrogen and oxygen atoms in total. The van der Waals surface area contributed by atoms with Crippen LogP contribution < -0.4 is 5.84 Å². The van der Waals surface area contributed by atoms with E-state index in [1.165, 1.54) is 0 Å². The predicted octanol–water partition coefficient (Wildman–Crippen LogP) is -2.00. The molecule has 1 amide bonds. The normalized spacial score (nSPS) is 32.9. The molecule has 0 aromatic heterocycles. The molecule has 0 saturated carbocycles. The van der Waals surface area contributed by atoms with Gasteiger partial charge in [-0.2, -0.15) is 5.17 Å². The minimum atomic E-state index is -1.80. The maximum absolute atomic E-state index is 11.2. The van der Waals surface area contributed by atoms with Crippen molar-refractivity contribution in [3.05, 3.63) is 0 Å². The Bertz CT molecular complexity index is 253. The van der Waals surface area contributed by atoms with Crippen molar-refractivity contribution >= 4 is 11.9 Å². The zero-order valence-corrected chi connectivity index (χ0v) is 6.93. The van der Waals surface area contributed by atoms with E-state index in [1.54, 1.807) is 0 Å². The van der Waals surface area contributed by atoms with E-state index in [2.05, 4.69) is 4.74 Å². The van der Waals surface area contributed by atoms with Crippen molar-refractivity contribution in [3.8, 4) is 0 Å². The summed E-state index contributed by atoms with van der Waals surface area (Å²) < 4.78 is 4.45. The number of hydrogen-bond acceptors (Lipinski definition) is 6. The number of hydroxylamine groups is 1. The third kappa shape index (κ3) is 1.26. The molecular weight excluding hydrogens is 180 g/mol. The van der Waals surface area contributed by atoms with Gasteiger partial charge in [0, 0.05) is 0 Å². The van der Waals surface area contributed by atoms with Gasteiger partial charge in [-0.1, -0.05) is 0 Å². The van der Waals surface area contributed by atoms with Gasteiger partial charge in [-0.3, -0.25) is 14.8 Å². The molecule has 0 aromatic carbocycles. The molecule has 2 atom stereocenters. The van der Waals surface area contributed by atoms with Gasteiger partial charge in [-0.05, 0) is 6.92 Å². The van der Waals surface area contributed by atoms with Crippen LogP contribution in [0.25, 0.3) is 0 Å². The average molecular weight is 190 g/mol. The van der Waals surface area contributed by atoms with Crippen molar-refractivity contribution in [1.82, 2.24) is 5.17 Å². The summed E-state index contributed by atoms with van der Waals surface area (Å²) in [5.74, 6) is 2.76. The Hall–Kier alpha value is -1.18. The molecule has 1 aliphatic heterocycles. The molecule has 1 fully saturated rings. The lowest BCUT2D eigenvalue weighted by molar-refractivity contribution is -0.184. The Morgan fingerprint density at radius 1 is 1.85 bits per heavy atom. The Labute approximate surface area is 73.6 Å². The van der Waals surface area contributed by atoms with Crippen molar-refractivity contribution in [2.75, 3.05) is 6.61 Å². The predicted molar refractivity (Wildman–Crippen MR) is 37.9 cm³/mol. The fourth-order valence-corrected chi connectivity index (χ4v) is 1.08. The summed E-state index contributed by atoms with van der Waals surface area (Å²) in [6.07, 6.45) is -1.29. The molecule has 1 aliphatic rings. The number of cyclic esters (lactones) is 1. The number of aliphatic hydroxyl groups is 1. The summed E-state index contributed by atoms with van der Waals surface area (Å²) in [4.78, 5) is 22.2. The third-order valence-electron chi connectivity index (χ3n) is 2.12. The molecule has 74 valence electrons. The number of ether oxygens (including phenoxy) is 1. The Kier molecular flexibility index (Phi) is 2.24. The molecule has 0 aliphatic carbocycles. The maximum Gasteiger partial charge on any atom is 0.324 e. The fourth-order valence-electron chi connectivity index (χ4n) is 1.08. The molecule has 1 rings (SSSR count). The van der Waals surface area contributed by atoms with Crippen LogP contribution in [-0.2, 0) is 14.3 Å². The highest BCUT2D eigenvalue weighted by Crippen LogP contribution is 2.31. The first kappa shape index (κ1) is 9.90. The topological polar surface area (TPSA) is 113 Å². The van der Waals surface area contributed by atoms with Crippen molar-refractivity contribution in [3.63, 3.8) is 0 Å². The smallest absolute Gasteiger partial charge is 0.324 e. The first-order valence-electron chi connectivity index (χ1n) is 3.54. The molecule has 7 heteroatoms. The summed E-state index contributed by atoms with van der Waals surface area (Å²) >= 11 is 0. The van der Waals surface area contributed by atoms with E-state index in [9.17, 15) is 14.7 Å². The van der Waals surface area contributed by atoms with Gasteiger partial charge < -0.3 is 9.84 Å². The van der Waals surface area contributed by atoms with Gasteiger partial charge in [0.25, 0.3) is 5.91 Å². The first-order chi connectivity index (χ1) is 5.90. The monoisotopic (exact) mass is 190 g/mol. The molecule has 2 unspecified atom stereocenters. The first-order valence-corrected chi connectivity index (χ1v) is 3.54. The number of nitrogens with zero attached hydrogens (tertiary/aromatic N) is 1. The highest BCUT2D eigenvalue weighted by atomic mass is 16.6.